The van der Waals surface area contributed by atoms with E-state index in [1.807, 2.05) is 49.1 Å². The van der Waals surface area contributed by atoms with E-state index >= 15 is 0 Å². The normalized spacial score (nSPS) is 18.2. The van der Waals surface area contributed by atoms with Crippen molar-refractivity contribution in [3.63, 3.8) is 0 Å². The van der Waals surface area contributed by atoms with Gasteiger partial charge in [-0.3, -0.25) is 4.79 Å². The molecule has 1 aliphatic heterocycles. The maximum atomic E-state index is 12.3. The van der Waals surface area contributed by atoms with Crippen molar-refractivity contribution in [1.82, 2.24) is 4.90 Å². The average molecular weight is 412 g/mol. The first-order chi connectivity index (χ1) is 14.5. The van der Waals surface area contributed by atoms with E-state index in [1.54, 1.807) is 6.07 Å². The van der Waals surface area contributed by atoms with E-state index in [0.717, 1.165) is 31.2 Å². The van der Waals surface area contributed by atoms with Gasteiger partial charge in [0.25, 0.3) is 0 Å². The number of amides is 1. The van der Waals surface area contributed by atoms with Gasteiger partial charge in [0.1, 0.15) is 0 Å². The fourth-order valence-corrected chi connectivity index (χ4v) is 3.58. The Morgan fingerprint density at radius 1 is 1.40 bits per heavy atom. The predicted molar refractivity (Wildman–Crippen MR) is 118 cm³/mol. The lowest BCUT2D eigenvalue weighted by Gasteiger charge is -2.23. The van der Waals surface area contributed by atoms with Crippen LogP contribution in [0.15, 0.2) is 36.4 Å². The molecule has 1 saturated heterocycles. The molecule has 1 aromatic rings. The number of methoxy groups -OCH3 is 1. The molecule has 5 nitrogen and oxygen atoms in total. The Labute approximate surface area is 180 Å². The standard InChI is InChI=1S/C25H33NO4/c1-4-5-6-9-19(2)23(27)15-13-22-14-16-24(28)26(22)17-8-11-20-10-7-12-21(18-20)25(29)30-3/h7,10,12-13,15,18-19,22-23,27H,4,8-9,11,14,16-17H2,1-3H3/t19-,22-,23+/m0/s1. The Morgan fingerprint density at radius 2 is 2.20 bits per heavy atom. The molecule has 0 aliphatic carbocycles. The van der Waals surface area contributed by atoms with Crippen LogP contribution in [0.3, 0.4) is 0 Å². The van der Waals surface area contributed by atoms with Crippen molar-refractivity contribution in [3.8, 4) is 11.8 Å². The Balaban J connectivity index is 1.88. The van der Waals surface area contributed by atoms with Crippen LogP contribution in [-0.2, 0) is 16.0 Å². The molecule has 1 N–H and O–H groups in total. The summed E-state index contributed by atoms with van der Waals surface area (Å²) < 4.78 is 4.77. The third kappa shape index (κ3) is 7.03. The Kier molecular flexibility index (Phi) is 9.63. The van der Waals surface area contributed by atoms with E-state index in [1.165, 1.54) is 7.11 Å². The molecular formula is C25H33NO4. The molecule has 1 aromatic carbocycles. The van der Waals surface area contributed by atoms with Crippen molar-refractivity contribution in [3.05, 3.63) is 47.5 Å². The highest BCUT2D eigenvalue weighted by molar-refractivity contribution is 5.89. The number of hydrogen-bond acceptors (Lipinski definition) is 4. The molecule has 0 unspecified atom stereocenters. The maximum Gasteiger partial charge on any atom is 0.337 e. The number of esters is 1. The van der Waals surface area contributed by atoms with Crippen molar-refractivity contribution >= 4 is 11.9 Å². The first-order valence-electron chi connectivity index (χ1n) is 10.7. The summed E-state index contributed by atoms with van der Waals surface area (Å²) in [6.07, 6.45) is 7.63. The van der Waals surface area contributed by atoms with Crippen molar-refractivity contribution < 1.29 is 19.4 Å². The summed E-state index contributed by atoms with van der Waals surface area (Å²) in [6.45, 7) is 4.65. The molecule has 30 heavy (non-hydrogen) atoms. The molecule has 1 aliphatic rings. The fraction of sp³-hybridized carbons (Fsp3) is 0.520. The molecule has 162 valence electrons. The molecule has 0 bridgehead atoms. The zero-order valence-electron chi connectivity index (χ0n) is 18.3. The molecule has 0 spiro atoms. The maximum absolute atomic E-state index is 12.3. The summed E-state index contributed by atoms with van der Waals surface area (Å²) in [5, 5.41) is 10.3. The third-order valence-corrected chi connectivity index (χ3v) is 5.43. The number of carbonyl (C=O) groups excluding carboxylic acids is 2. The topological polar surface area (TPSA) is 66.8 Å². The van der Waals surface area contributed by atoms with Gasteiger partial charge >= 0.3 is 5.97 Å². The van der Waals surface area contributed by atoms with Crippen LogP contribution in [0.2, 0.25) is 0 Å². The fourth-order valence-electron chi connectivity index (χ4n) is 3.58. The number of hydrogen-bond donors (Lipinski definition) is 1. The van der Waals surface area contributed by atoms with Crippen molar-refractivity contribution in [2.75, 3.05) is 13.7 Å². The first kappa shape index (κ1) is 23.7. The number of aryl methyl sites for hydroxylation is 1. The lowest BCUT2D eigenvalue weighted by atomic mass is 10.00. The molecule has 0 aromatic heterocycles. The van der Waals surface area contributed by atoms with E-state index in [9.17, 15) is 14.7 Å². The van der Waals surface area contributed by atoms with Crippen molar-refractivity contribution in [1.29, 1.82) is 0 Å². The van der Waals surface area contributed by atoms with Crippen LogP contribution in [0.25, 0.3) is 0 Å². The summed E-state index contributed by atoms with van der Waals surface area (Å²) in [5.41, 5.74) is 1.59. The summed E-state index contributed by atoms with van der Waals surface area (Å²) in [6, 6.07) is 7.44. The monoisotopic (exact) mass is 411 g/mol. The molecular weight excluding hydrogens is 378 g/mol. The minimum Gasteiger partial charge on any atom is -0.465 e. The van der Waals surface area contributed by atoms with E-state index < -0.39 is 6.10 Å². The molecule has 2 rings (SSSR count). The number of rotatable bonds is 9. The molecule has 1 fully saturated rings. The average Bonchev–Trinajstić information content (AvgIpc) is 3.11. The number of carbonyl (C=O) groups is 2. The Bertz CT molecular complexity index is 805. The van der Waals surface area contributed by atoms with Gasteiger partial charge < -0.3 is 14.7 Å². The van der Waals surface area contributed by atoms with Crippen LogP contribution in [0.1, 0.15) is 61.9 Å². The van der Waals surface area contributed by atoms with E-state index in [-0.39, 0.29) is 23.8 Å². The van der Waals surface area contributed by atoms with Gasteiger partial charge in [-0.25, -0.2) is 4.79 Å². The number of ether oxygens (including phenoxy) is 1. The van der Waals surface area contributed by atoms with Crippen LogP contribution in [0.4, 0.5) is 0 Å². The van der Waals surface area contributed by atoms with Gasteiger partial charge in [0, 0.05) is 25.8 Å². The number of nitrogens with zero attached hydrogens (tertiary/aromatic N) is 1. The number of benzene rings is 1. The van der Waals surface area contributed by atoms with Crippen molar-refractivity contribution in [2.24, 2.45) is 5.92 Å². The quantitative estimate of drug-likeness (QED) is 0.382. The van der Waals surface area contributed by atoms with Crippen LogP contribution >= 0.6 is 0 Å². The smallest absolute Gasteiger partial charge is 0.337 e. The third-order valence-electron chi connectivity index (χ3n) is 5.43. The second-order valence-corrected chi connectivity index (χ2v) is 7.75. The van der Waals surface area contributed by atoms with Gasteiger partial charge in [-0.15, -0.1) is 11.8 Å². The number of aliphatic hydroxyl groups excluding tert-OH is 1. The highest BCUT2D eigenvalue weighted by Crippen LogP contribution is 2.22. The second kappa shape index (κ2) is 12.2. The van der Waals surface area contributed by atoms with E-state index in [0.29, 0.717) is 24.9 Å². The lowest BCUT2D eigenvalue weighted by Crippen LogP contribution is -2.33. The van der Waals surface area contributed by atoms with Crippen LogP contribution in [0, 0.1) is 17.8 Å². The molecule has 3 atom stereocenters. The van der Waals surface area contributed by atoms with Gasteiger partial charge in [0.2, 0.25) is 5.91 Å². The molecule has 1 heterocycles. The minimum atomic E-state index is -0.560. The summed E-state index contributed by atoms with van der Waals surface area (Å²) >= 11 is 0. The predicted octanol–water partition coefficient (Wildman–Crippen LogP) is 3.75. The minimum absolute atomic E-state index is 0.0301. The Morgan fingerprint density at radius 3 is 2.93 bits per heavy atom. The summed E-state index contributed by atoms with van der Waals surface area (Å²) in [4.78, 5) is 25.9. The van der Waals surface area contributed by atoms with Gasteiger partial charge in [-0.05, 0) is 42.9 Å². The molecule has 1 amide bonds. The zero-order valence-corrected chi connectivity index (χ0v) is 18.3. The highest BCUT2D eigenvalue weighted by Gasteiger charge is 2.28. The summed E-state index contributed by atoms with van der Waals surface area (Å²) in [7, 11) is 1.37. The first-order valence-corrected chi connectivity index (χ1v) is 10.7. The van der Waals surface area contributed by atoms with E-state index in [4.69, 9.17) is 4.74 Å². The largest absolute Gasteiger partial charge is 0.465 e. The molecule has 0 radical (unpaired) electrons. The van der Waals surface area contributed by atoms with Gasteiger partial charge in [-0.1, -0.05) is 38.1 Å². The zero-order chi connectivity index (χ0) is 21.9. The summed E-state index contributed by atoms with van der Waals surface area (Å²) in [5.74, 6) is 5.99. The number of likely N-dealkylation sites (tertiary alicyclic amines) is 1. The van der Waals surface area contributed by atoms with Crippen LogP contribution in [-0.4, -0.2) is 47.7 Å². The molecule has 0 saturated carbocycles. The lowest BCUT2D eigenvalue weighted by molar-refractivity contribution is -0.128. The highest BCUT2D eigenvalue weighted by atomic mass is 16.5. The SMILES string of the molecule is CCC#CC[C@H](C)[C@H](O)C=C[C@H]1CCC(=O)N1CCCc1cccc(C(=O)OC)c1. The van der Waals surface area contributed by atoms with Gasteiger partial charge in [0.15, 0.2) is 0 Å². The van der Waals surface area contributed by atoms with Gasteiger partial charge in [-0.2, -0.15) is 0 Å². The van der Waals surface area contributed by atoms with E-state index in [2.05, 4.69) is 11.8 Å². The second-order valence-electron chi connectivity index (χ2n) is 7.75. The molecule has 5 heteroatoms. The van der Waals surface area contributed by atoms with Gasteiger partial charge in [0.05, 0.1) is 24.8 Å². The van der Waals surface area contributed by atoms with Crippen LogP contribution in [0.5, 0.6) is 0 Å². The number of aliphatic hydroxyl groups is 1. The van der Waals surface area contributed by atoms with Crippen molar-refractivity contribution in [2.45, 2.75) is 64.5 Å². The Hall–Kier alpha value is -2.58. The van der Waals surface area contributed by atoms with Crippen LogP contribution < -0.4 is 0 Å².